The van der Waals surface area contributed by atoms with Gasteiger partial charge < -0.3 is 15.2 Å². The molecule has 2 atom stereocenters. The Morgan fingerprint density at radius 3 is 2.83 bits per heavy atom. The predicted octanol–water partition coefficient (Wildman–Crippen LogP) is 3.79. The maximum Gasteiger partial charge on any atom is 0.248 e. The molecule has 2 aromatic rings. The fourth-order valence-electron chi connectivity index (χ4n) is 3.32. The summed E-state index contributed by atoms with van der Waals surface area (Å²) in [5.74, 6) is 2.31. The lowest BCUT2D eigenvalue weighted by molar-refractivity contribution is 0.265. The molecule has 1 saturated heterocycles. The molecule has 9 heteroatoms. The summed E-state index contributed by atoms with van der Waals surface area (Å²) in [6.07, 6.45) is 0. The highest BCUT2D eigenvalue weighted by Gasteiger charge is 2.31. The number of hydrogen-bond donors (Lipinski definition) is 2. The molecule has 7 nitrogen and oxygen atoms in total. The molecule has 0 amide bonds. The lowest BCUT2D eigenvalue weighted by Crippen LogP contribution is -2.46. The first-order chi connectivity index (χ1) is 13.5. The number of guanidine groups is 1. The number of likely N-dealkylation sites (tertiary alicyclic amines) is 1. The van der Waals surface area contributed by atoms with Gasteiger partial charge in [0.15, 0.2) is 5.96 Å². The van der Waals surface area contributed by atoms with Gasteiger partial charge in [-0.25, -0.2) is 4.99 Å². The number of nitrogens with one attached hydrogen (secondary N) is 2. The normalized spacial score (nSPS) is 20.0. The fraction of sp³-hybridized carbons (Fsp3) is 0.550. The van der Waals surface area contributed by atoms with Crippen LogP contribution in [0, 0.1) is 5.92 Å². The molecule has 3 rings (SSSR count). The molecule has 29 heavy (non-hydrogen) atoms. The molecule has 0 bridgehead atoms. The molecule has 0 saturated carbocycles. The van der Waals surface area contributed by atoms with Gasteiger partial charge in [-0.1, -0.05) is 35.8 Å². The largest absolute Gasteiger partial charge is 0.357 e. The summed E-state index contributed by atoms with van der Waals surface area (Å²) in [4.78, 5) is 11.5. The van der Waals surface area contributed by atoms with Crippen molar-refractivity contribution in [3.8, 4) is 11.4 Å². The molecule has 160 valence electrons. The van der Waals surface area contributed by atoms with Crippen LogP contribution in [0.1, 0.15) is 33.6 Å². The molecule has 0 spiro atoms. The Bertz CT molecular complexity index is 812. The highest BCUT2D eigenvalue weighted by molar-refractivity contribution is 14.0. The van der Waals surface area contributed by atoms with Crippen molar-refractivity contribution in [2.75, 3.05) is 19.6 Å². The minimum Gasteiger partial charge on any atom is -0.357 e. The Kier molecular flexibility index (Phi) is 9.16. The SMILES string of the molecule is CCNC(=NCc1nc(-c2cccc(Cl)c2)no1)NC1CN(C(C)C)CC1C.I. The minimum atomic E-state index is 0. The number of aromatic nitrogens is 2. The average molecular weight is 533 g/mol. The first-order valence-electron chi connectivity index (χ1n) is 9.83. The van der Waals surface area contributed by atoms with Crippen molar-refractivity contribution in [2.24, 2.45) is 10.9 Å². The molecule has 1 aliphatic heterocycles. The topological polar surface area (TPSA) is 78.6 Å². The van der Waals surface area contributed by atoms with Crippen LogP contribution in [0.25, 0.3) is 11.4 Å². The molecule has 1 aliphatic rings. The molecule has 2 N–H and O–H groups in total. The van der Waals surface area contributed by atoms with Crippen LogP contribution in [0.5, 0.6) is 0 Å². The van der Waals surface area contributed by atoms with Gasteiger partial charge in [0.25, 0.3) is 0 Å². The summed E-state index contributed by atoms with van der Waals surface area (Å²) in [6.45, 7) is 12.0. The zero-order chi connectivity index (χ0) is 20.1. The van der Waals surface area contributed by atoms with Crippen LogP contribution in [0.3, 0.4) is 0 Å². The van der Waals surface area contributed by atoms with E-state index in [0.717, 1.165) is 31.2 Å². The Hall–Kier alpha value is -1.39. The van der Waals surface area contributed by atoms with E-state index in [9.17, 15) is 0 Å². The van der Waals surface area contributed by atoms with Crippen LogP contribution in [-0.2, 0) is 6.54 Å². The van der Waals surface area contributed by atoms with Gasteiger partial charge in [0.05, 0.1) is 0 Å². The van der Waals surface area contributed by atoms with Crippen molar-refractivity contribution in [3.63, 3.8) is 0 Å². The highest BCUT2D eigenvalue weighted by Crippen LogP contribution is 2.20. The van der Waals surface area contributed by atoms with Crippen LogP contribution < -0.4 is 10.6 Å². The van der Waals surface area contributed by atoms with Crippen molar-refractivity contribution in [1.29, 1.82) is 0 Å². The van der Waals surface area contributed by atoms with Crippen LogP contribution in [-0.4, -0.2) is 52.7 Å². The first-order valence-corrected chi connectivity index (χ1v) is 10.2. The smallest absolute Gasteiger partial charge is 0.248 e. The zero-order valence-electron chi connectivity index (χ0n) is 17.4. The number of aliphatic imine (C=N–C) groups is 1. The van der Waals surface area contributed by atoms with Gasteiger partial charge in [-0.05, 0) is 38.8 Å². The Labute approximate surface area is 194 Å². The van der Waals surface area contributed by atoms with Gasteiger partial charge in [-0.15, -0.1) is 24.0 Å². The lowest BCUT2D eigenvalue weighted by Gasteiger charge is -2.21. The Morgan fingerprint density at radius 1 is 1.38 bits per heavy atom. The predicted molar refractivity (Wildman–Crippen MR) is 128 cm³/mol. The number of halogens is 2. The van der Waals surface area contributed by atoms with E-state index in [4.69, 9.17) is 16.1 Å². The summed E-state index contributed by atoms with van der Waals surface area (Å²) in [7, 11) is 0. The van der Waals surface area contributed by atoms with Gasteiger partial charge in [0.1, 0.15) is 6.54 Å². The Morgan fingerprint density at radius 2 is 2.17 bits per heavy atom. The van der Waals surface area contributed by atoms with E-state index in [1.165, 1.54) is 0 Å². The van der Waals surface area contributed by atoms with Gasteiger partial charge in [-0.3, -0.25) is 4.90 Å². The van der Waals surface area contributed by atoms with E-state index >= 15 is 0 Å². The van der Waals surface area contributed by atoms with E-state index < -0.39 is 0 Å². The van der Waals surface area contributed by atoms with Crippen molar-refractivity contribution >= 4 is 41.5 Å². The standard InChI is InChI=1S/C20H29ClN6O.HI/c1-5-22-20(24-17-12-27(13(2)3)11-14(17)4)23-10-18-25-19(26-28-18)15-7-6-8-16(21)9-15;/h6-9,13-14,17H,5,10-12H2,1-4H3,(H2,22,23,24);1H. The second-order valence-corrected chi connectivity index (χ2v) is 7.93. The molecule has 1 fully saturated rings. The third-order valence-electron chi connectivity index (χ3n) is 4.96. The van der Waals surface area contributed by atoms with Crippen LogP contribution in [0.4, 0.5) is 0 Å². The zero-order valence-corrected chi connectivity index (χ0v) is 20.4. The second kappa shape index (κ2) is 11.1. The van der Waals surface area contributed by atoms with Crippen LogP contribution >= 0.6 is 35.6 Å². The van der Waals surface area contributed by atoms with Crippen molar-refractivity contribution < 1.29 is 4.52 Å². The highest BCUT2D eigenvalue weighted by atomic mass is 127. The average Bonchev–Trinajstić information content (AvgIpc) is 3.27. The fourth-order valence-corrected chi connectivity index (χ4v) is 3.51. The summed E-state index contributed by atoms with van der Waals surface area (Å²) in [6, 6.07) is 8.31. The first kappa shape index (κ1) is 23.9. The third kappa shape index (κ3) is 6.55. The van der Waals surface area contributed by atoms with Gasteiger partial charge >= 0.3 is 0 Å². The van der Waals surface area contributed by atoms with E-state index in [2.05, 4.69) is 58.4 Å². The van der Waals surface area contributed by atoms with Crippen molar-refractivity contribution in [3.05, 3.63) is 35.2 Å². The summed E-state index contributed by atoms with van der Waals surface area (Å²) in [5.41, 5.74) is 0.824. The molecule has 1 aromatic heterocycles. The quantitative estimate of drug-likeness (QED) is 0.335. The maximum atomic E-state index is 6.03. The summed E-state index contributed by atoms with van der Waals surface area (Å²) < 4.78 is 5.35. The van der Waals surface area contributed by atoms with E-state index in [1.54, 1.807) is 0 Å². The molecule has 2 heterocycles. The van der Waals surface area contributed by atoms with Crippen molar-refractivity contribution in [2.45, 2.75) is 46.3 Å². The number of hydrogen-bond acceptors (Lipinski definition) is 5. The molecule has 1 aromatic carbocycles. The molecule has 2 unspecified atom stereocenters. The van der Waals surface area contributed by atoms with E-state index in [0.29, 0.717) is 41.3 Å². The molecular formula is C20H30ClIN6O. The maximum absolute atomic E-state index is 6.03. The van der Waals surface area contributed by atoms with Gasteiger partial charge in [0, 0.05) is 42.3 Å². The minimum absolute atomic E-state index is 0. The van der Waals surface area contributed by atoms with Crippen LogP contribution in [0.2, 0.25) is 5.02 Å². The molecule has 0 aliphatic carbocycles. The monoisotopic (exact) mass is 532 g/mol. The third-order valence-corrected chi connectivity index (χ3v) is 5.20. The Balaban J connectivity index is 0.00000300. The number of nitrogens with zero attached hydrogens (tertiary/aromatic N) is 4. The van der Waals surface area contributed by atoms with Gasteiger partial charge in [0.2, 0.25) is 11.7 Å². The van der Waals surface area contributed by atoms with Crippen molar-refractivity contribution in [1.82, 2.24) is 25.7 Å². The summed E-state index contributed by atoms with van der Waals surface area (Å²) >= 11 is 6.03. The van der Waals surface area contributed by atoms with E-state index in [-0.39, 0.29) is 24.0 Å². The van der Waals surface area contributed by atoms with E-state index in [1.807, 2.05) is 24.3 Å². The van der Waals surface area contributed by atoms with Crippen LogP contribution in [0.15, 0.2) is 33.8 Å². The summed E-state index contributed by atoms with van der Waals surface area (Å²) in [5, 5.41) is 11.5. The lowest BCUT2D eigenvalue weighted by atomic mass is 10.1. The van der Waals surface area contributed by atoms with Gasteiger partial charge in [-0.2, -0.15) is 4.98 Å². The molecular weight excluding hydrogens is 503 g/mol. The number of benzene rings is 1. The second-order valence-electron chi connectivity index (χ2n) is 7.49. The molecule has 0 radical (unpaired) electrons. The number of rotatable bonds is 6.